The standard InChI is InChI=1S/C17H17ClN2O3S/c1-20(10-12-5-7-13(18)8-6-12)15(21)11-23-17(22)14-4-3-9-19-16(14)24-2/h3-9H,10-11H2,1-2H3. The van der Waals surface area contributed by atoms with Crippen molar-refractivity contribution in [3.05, 3.63) is 58.7 Å². The summed E-state index contributed by atoms with van der Waals surface area (Å²) in [6.45, 7) is 0.0994. The third kappa shape index (κ3) is 4.97. The topological polar surface area (TPSA) is 59.5 Å². The lowest BCUT2D eigenvalue weighted by Gasteiger charge is -2.17. The molecule has 126 valence electrons. The Kier molecular flexibility index (Phi) is 6.63. The van der Waals surface area contributed by atoms with Gasteiger partial charge in [-0.05, 0) is 36.1 Å². The highest BCUT2D eigenvalue weighted by molar-refractivity contribution is 7.98. The summed E-state index contributed by atoms with van der Waals surface area (Å²) in [6.07, 6.45) is 3.43. The molecule has 0 fully saturated rings. The van der Waals surface area contributed by atoms with Crippen molar-refractivity contribution in [1.29, 1.82) is 0 Å². The van der Waals surface area contributed by atoms with Crippen molar-refractivity contribution in [3.8, 4) is 0 Å². The maximum Gasteiger partial charge on any atom is 0.341 e. The third-order valence-corrected chi connectivity index (χ3v) is 4.23. The van der Waals surface area contributed by atoms with Gasteiger partial charge in [0, 0.05) is 24.8 Å². The fourth-order valence-electron chi connectivity index (χ4n) is 1.98. The molecule has 0 atom stereocenters. The molecule has 2 rings (SSSR count). The molecule has 7 heteroatoms. The van der Waals surface area contributed by atoms with Crippen LogP contribution >= 0.6 is 23.4 Å². The molecule has 0 saturated heterocycles. The smallest absolute Gasteiger partial charge is 0.341 e. The SMILES string of the molecule is CSc1ncccc1C(=O)OCC(=O)N(C)Cc1ccc(Cl)cc1. The molecule has 0 unspecified atom stereocenters. The first-order valence-corrected chi connectivity index (χ1v) is 8.76. The quantitative estimate of drug-likeness (QED) is 0.581. The van der Waals surface area contributed by atoms with E-state index in [1.165, 1.54) is 16.7 Å². The van der Waals surface area contributed by atoms with Gasteiger partial charge in [0.05, 0.1) is 5.56 Å². The zero-order valence-corrected chi connectivity index (χ0v) is 14.9. The van der Waals surface area contributed by atoms with Crippen molar-refractivity contribution in [2.75, 3.05) is 19.9 Å². The Hall–Kier alpha value is -2.05. The molecule has 0 saturated carbocycles. The normalized spacial score (nSPS) is 10.3. The van der Waals surface area contributed by atoms with Crippen molar-refractivity contribution < 1.29 is 14.3 Å². The molecule has 2 aromatic rings. The van der Waals surface area contributed by atoms with Gasteiger partial charge in [0.2, 0.25) is 0 Å². The van der Waals surface area contributed by atoms with E-state index in [1.54, 1.807) is 37.5 Å². The summed E-state index contributed by atoms with van der Waals surface area (Å²) in [5.41, 5.74) is 1.30. The summed E-state index contributed by atoms with van der Waals surface area (Å²) in [4.78, 5) is 29.8. The first-order chi connectivity index (χ1) is 11.5. The van der Waals surface area contributed by atoms with E-state index in [2.05, 4.69) is 4.98 Å². The van der Waals surface area contributed by atoms with Crippen LogP contribution in [0.5, 0.6) is 0 Å². The van der Waals surface area contributed by atoms with Gasteiger partial charge in [0.25, 0.3) is 5.91 Å². The van der Waals surface area contributed by atoms with E-state index < -0.39 is 5.97 Å². The number of hydrogen-bond acceptors (Lipinski definition) is 5. The second-order valence-corrected chi connectivity index (χ2v) is 6.24. The van der Waals surface area contributed by atoms with Crippen LogP contribution in [0.1, 0.15) is 15.9 Å². The highest BCUT2D eigenvalue weighted by Gasteiger charge is 2.16. The zero-order chi connectivity index (χ0) is 17.5. The number of esters is 1. The molecule has 1 aromatic carbocycles. The van der Waals surface area contributed by atoms with Crippen molar-refractivity contribution in [2.24, 2.45) is 0 Å². The predicted molar refractivity (Wildman–Crippen MR) is 94.2 cm³/mol. The number of halogens is 1. The number of nitrogens with zero attached hydrogens (tertiary/aromatic N) is 2. The first-order valence-electron chi connectivity index (χ1n) is 7.16. The number of pyridine rings is 1. The monoisotopic (exact) mass is 364 g/mol. The van der Waals surface area contributed by atoms with Gasteiger partial charge in [-0.15, -0.1) is 11.8 Å². The molecule has 0 spiro atoms. The minimum atomic E-state index is -0.555. The first kappa shape index (κ1) is 18.3. The highest BCUT2D eigenvalue weighted by atomic mass is 35.5. The van der Waals surface area contributed by atoms with Crippen LogP contribution in [0.4, 0.5) is 0 Å². The lowest BCUT2D eigenvalue weighted by molar-refractivity contribution is -0.133. The Morgan fingerprint density at radius 2 is 1.96 bits per heavy atom. The van der Waals surface area contributed by atoms with Gasteiger partial charge in [-0.3, -0.25) is 4.79 Å². The van der Waals surface area contributed by atoms with Gasteiger partial charge < -0.3 is 9.64 Å². The van der Waals surface area contributed by atoms with Crippen molar-refractivity contribution >= 4 is 35.2 Å². The fraction of sp³-hybridized carbons (Fsp3) is 0.235. The van der Waals surface area contributed by atoms with E-state index in [4.69, 9.17) is 16.3 Å². The predicted octanol–water partition coefficient (Wildman–Crippen LogP) is 3.27. The molecule has 1 amide bonds. The molecule has 0 N–H and O–H groups in total. The minimum Gasteiger partial charge on any atom is -0.452 e. The molecular weight excluding hydrogens is 348 g/mol. The van der Waals surface area contributed by atoms with E-state index in [9.17, 15) is 9.59 Å². The number of hydrogen-bond donors (Lipinski definition) is 0. The fourth-order valence-corrected chi connectivity index (χ4v) is 2.64. The second kappa shape index (κ2) is 8.70. The Morgan fingerprint density at radius 3 is 2.62 bits per heavy atom. The summed E-state index contributed by atoms with van der Waals surface area (Å²) in [5.74, 6) is -0.839. The second-order valence-electron chi connectivity index (χ2n) is 5.01. The largest absolute Gasteiger partial charge is 0.452 e. The van der Waals surface area contributed by atoms with Crippen molar-refractivity contribution in [2.45, 2.75) is 11.6 Å². The molecular formula is C17H17ClN2O3S. The summed E-state index contributed by atoms with van der Waals surface area (Å²) >= 11 is 7.18. The Labute approximate surface area is 150 Å². The lowest BCUT2D eigenvalue weighted by atomic mass is 10.2. The maximum absolute atomic E-state index is 12.1. The highest BCUT2D eigenvalue weighted by Crippen LogP contribution is 2.17. The van der Waals surface area contributed by atoms with E-state index in [-0.39, 0.29) is 12.5 Å². The number of benzene rings is 1. The number of likely N-dealkylation sites (N-methyl/N-ethyl adjacent to an activating group) is 1. The van der Waals surface area contributed by atoms with Crippen LogP contribution in [0.2, 0.25) is 5.02 Å². The third-order valence-electron chi connectivity index (χ3n) is 3.27. The average molecular weight is 365 g/mol. The van der Waals surface area contributed by atoms with Gasteiger partial charge in [0.1, 0.15) is 5.03 Å². The van der Waals surface area contributed by atoms with E-state index in [0.717, 1.165) is 5.56 Å². The number of carbonyl (C=O) groups is 2. The molecule has 24 heavy (non-hydrogen) atoms. The van der Waals surface area contributed by atoms with E-state index in [1.807, 2.05) is 18.4 Å². The van der Waals surface area contributed by atoms with Crippen molar-refractivity contribution in [3.63, 3.8) is 0 Å². The Bertz CT molecular complexity index is 722. The van der Waals surface area contributed by atoms with E-state index >= 15 is 0 Å². The van der Waals surface area contributed by atoms with Gasteiger partial charge in [-0.2, -0.15) is 0 Å². The number of carbonyl (C=O) groups excluding carboxylic acids is 2. The molecule has 1 heterocycles. The summed E-state index contributed by atoms with van der Waals surface area (Å²) < 4.78 is 5.11. The molecule has 0 aliphatic heterocycles. The maximum atomic E-state index is 12.1. The number of amides is 1. The number of rotatable bonds is 6. The van der Waals surface area contributed by atoms with Crippen LogP contribution < -0.4 is 0 Å². The Balaban J connectivity index is 1.90. The number of aromatic nitrogens is 1. The lowest BCUT2D eigenvalue weighted by Crippen LogP contribution is -2.30. The minimum absolute atomic E-state index is 0.284. The van der Waals surface area contributed by atoms with E-state index in [0.29, 0.717) is 22.2 Å². The van der Waals surface area contributed by atoms with Gasteiger partial charge in [-0.1, -0.05) is 23.7 Å². The van der Waals surface area contributed by atoms with Crippen LogP contribution in [-0.4, -0.2) is 41.7 Å². The summed E-state index contributed by atoms with van der Waals surface area (Å²) in [7, 11) is 1.65. The average Bonchev–Trinajstić information content (AvgIpc) is 2.61. The number of thioether (sulfide) groups is 1. The summed E-state index contributed by atoms with van der Waals surface area (Å²) in [5, 5.41) is 1.21. The van der Waals surface area contributed by atoms with Crippen LogP contribution in [-0.2, 0) is 16.1 Å². The van der Waals surface area contributed by atoms with Gasteiger partial charge in [0.15, 0.2) is 6.61 Å². The molecule has 0 radical (unpaired) electrons. The molecule has 0 bridgehead atoms. The molecule has 5 nitrogen and oxygen atoms in total. The van der Waals surface area contributed by atoms with Gasteiger partial charge >= 0.3 is 5.97 Å². The van der Waals surface area contributed by atoms with Crippen LogP contribution in [0, 0.1) is 0 Å². The molecule has 0 aliphatic rings. The Morgan fingerprint density at radius 1 is 1.25 bits per heavy atom. The van der Waals surface area contributed by atoms with Crippen LogP contribution in [0.15, 0.2) is 47.6 Å². The van der Waals surface area contributed by atoms with Crippen LogP contribution in [0.3, 0.4) is 0 Å². The molecule has 0 aliphatic carbocycles. The number of ether oxygens (including phenoxy) is 1. The summed E-state index contributed by atoms with van der Waals surface area (Å²) in [6, 6.07) is 10.5. The molecule has 1 aromatic heterocycles. The van der Waals surface area contributed by atoms with Crippen molar-refractivity contribution in [1.82, 2.24) is 9.88 Å². The van der Waals surface area contributed by atoms with Crippen LogP contribution in [0.25, 0.3) is 0 Å². The zero-order valence-electron chi connectivity index (χ0n) is 13.4. The van der Waals surface area contributed by atoms with Gasteiger partial charge in [-0.25, -0.2) is 9.78 Å².